The average molecular weight is 345 g/mol. The lowest BCUT2D eigenvalue weighted by Gasteiger charge is -2.25. The second-order valence-electron chi connectivity index (χ2n) is 5.18. The maximum absolute atomic E-state index is 13.9. The lowest BCUT2D eigenvalue weighted by Crippen LogP contribution is -2.30. The van der Waals surface area contributed by atoms with Gasteiger partial charge in [-0.25, -0.2) is 19.5 Å². The molecular weight excluding hydrogens is 335 g/mol. The van der Waals surface area contributed by atoms with Gasteiger partial charge < -0.3 is 0 Å². The molecule has 120 valence electrons. The minimum Gasteiger partial charge on any atom is -0.281 e. The summed E-state index contributed by atoms with van der Waals surface area (Å²) in [5, 5.41) is 0.332. The van der Waals surface area contributed by atoms with E-state index in [1.54, 1.807) is 24.3 Å². The molecule has 2 aromatic carbocycles. The molecule has 0 bridgehead atoms. The molecular formula is C16H10ClFN4O2. The molecule has 1 saturated heterocycles. The average Bonchev–Trinajstić information content (AvgIpc) is 2.85. The summed E-state index contributed by atoms with van der Waals surface area (Å²) >= 11 is 6.21. The first kappa shape index (κ1) is 14.5. The van der Waals surface area contributed by atoms with E-state index in [1.807, 2.05) is 0 Å². The molecule has 0 radical (unpaired) electrons. The van der Waals surface area contributed by atoms with Crippen molar-refractivity contribution in [1.29, 1.82) is 0 Å². The SMILES string of the molecule is O=C1NNC2=CC(=O)N(c3ccccc3Cl)c3cc(F)ccc3N12. The summed E-state index contributed by atoms with van der Waals surface area (Å²) in [5.74, 6) is -0.738. The van der Waals surface area contributed by atoms with Gasteiger partial charge in [0, 0.05) is 12.1 Å². The number of anilines is 3. The highest BCUT2D eigenvalue weighted by atomic mass is 35.5. The van der Waals surface area contributed by atoms with Gasteiger partial charge in [0.2, 0.25) is 0 Å². The number of nitrogens with one attached hydrogen (secondary N) is 2. The van der Waals surface area contributed by atoms with Crippen LogP contribution in [0.2, 0.25) is 5.02 Å². The summed E-state index contributed by atoms with van der Waals surface area (Å²) < 4.78 is 13.9. The molecule has 2 aliphatic rings. The Morgan fingerprint density at radius 3 is 2.50 bits per heavy atom. The zero-order chi connectivity index (χ0) is 16.8. The van der Waals surface area contributed by atoms with E-state index in [-0.39, 0.29) is 11.5 Å². The van der Waals surface area contributed by atoms with E-state index < -0.39 is 17.8 Å². The Kier molecular flexibility index (Phi) is 3.17. The summed E-state index contributed by atoms with van der Waals surface area (Å²) in [6.07, 6.45) is 1.25. The van der Waals surface area contributed by atoms with Crippen molar-refractivity contribution in [2.24, 2.45) is 0 Å². The zero-order valence-corrected chi connectivity index (χ0v) is 12.8. The highest BCUT2D eigenvalue weighted by Gasteiger charge is 2.36. The van der Waals surface area contributed by atoms with Gasteiger partial charge in [0.25, 0.3) is 5.91 Å². The highest BCUT2D eigenvalue weighted by molar-refractivity contribution is 6.34. The predicted octanol–water partition coefficient (Wildman–Crippen LogP) is 3.03. The molecule has 24 heavy (non-hydrogen) atoms. The molecule has 0 aromatic heterocycles. The van der Waals surface area contributed by atoms with Gasteiger partial charge in [-0.3, -0.25) is 15.1 Å². The Balaban J connectivity index is 2.00. The Morgan fingerprint density at radius 2 is 1.71 bits per heavy atom. The third-order valence-corrected chi connectivity index (χ3v) is 4.05. The smallest absolute Gasteiger partial charge is 0.281 e. The minimum atomic E-state index is -0.533. The molecule has 2 aliphatic heterocycles. The molecule has 0 unspecified atom stereocenters. The van der Waals surface area contributed by atoms with Crippen LogP contribution < -0.4 is 20.7 Å². The number of amides is 3. The number of halogens is 2. The number of benzene rings is 2. The number of carbonyl (C=O) groups is 2. The molecule has 0 saturated carbocycles. The van der Waals surface area contributed by atoms with Crippen molar-refractivity contribution in [1.82, 2.24) is 10.9 Å². The number of urea groups is 1. The van der Waals surface area contributed by atoms with E-state index in [9.17, 15) is 14.0 Å². The maximum atomic E-state index is 13.9. The van der Waals surface area contributed by atoms with Gasteiger partial charge in [0.1, 0.15) is 11.6 Å². The third kappa shape index (κ3) is 2.10. The normalized spacial score (nSPS) is 16.0. The van der Waals surface area contributed by atoms with Gasteiger partial charge in [-0.05, 0) is 24.3 Å². The van der Waals surface area contributed by atoms with E-state index in [2.05, 4.69) is 10.9 Å². The van der Waals surface area contributed by atoms with E-state index in [0.717, 1.165) is 0 Å². The fraction of sp³-hybridized carbons (Fsp3) is 0. The van der Waals surface area contributed by atoms with Gasteiger partial charge in [-0.2, -0.15) is 0 Å². The summed E-state index contributed by atoms with van der Waals surface area (Å²) in [6.45, 7) is 0. The fourth-order valence-electron chi connectivity index (χ4n) is 2.73. The van der Waals surface area contributed by atoms with E-state index in [4.69, 9.17) is 11.6 Å². The topological polar surface area (TPSA) is 64.7 Å². The molecule has 1 fully saturated rings. The van der Waals surface area contributed by atoms with Crippen LogP contribution in [0.5, 0.6) is 0 Å². The first-order valence-corrected chi connectivity index (χ1v) is 7.40. The molecule has 2 N–H and O–H groups in total. The standard InChI is InChI=1S/C16H10ClFN4O2/c17-10-3-1-2-4-11(10)21-13-7-9(18)5-6-12(13)22-14(8-15(21)23)19-20-16(22)24/h1-8,19H,(H,20,24). The van der Waals surface area contributed by atoms with Gasteiger partial charge in [0.15, 0.2) is 0 Å². The highest BCUT2D eigenvalue weighted by Crippen LogP contribution is 2.41. The first-order chi connectivity index (χ1) is 11.6. The van der Waals surface area contributed by atoms with Crippen LogP contribution in [0.1, 0.15) is 0 Å². The lowest BCUT2D eigenvalue weighted by atomic mass is 10.2. The van der Waals surface area contributed by atoms with Crippen LogP contribution in [-0.2, 0) is 4.79 Å². The number of hydrogen-bond acceptors (Lipinski definition) is 3. The van der Waals surface area contributed by atoms with Crippen molar-refractivity contribution in [3.05, 3.63) is 65.2 Å². The molecule has 6 nitrogen and oxygen atoms in total. The monoisotopic (exact) mass is 344 g/mol. The molecule has 0 spiro atoms. The number of hydrogen-bond donors (Lipinski definition) is 2. The molecule has 3 amide bonds. The molecule has 4 rings (SSSR count). The number of rotatable bonds is 1. The van der Waals surface area contributed by atoms with Crippen LogP contribution in [0, 0.1) is 5.82 Å². The molecule has 0 aliphatic carbocycles. The van der Waals surface area contributed by atoms with Crippen LogP contribution in [0.25, 0.3) is 0 Å². The van der Waals surface area contributed by atoms with Crippen LogP contribution in [0.4, 0.5) is 26.2 Å². The van der Waals surface area contributed by atoms with Gasteiger partial charge in [0.05, 0.1) is 22.1 Å². The zero-order valence-electron chi connectivity index (χ0n) is 12.1. The maximum Gasteiger partial charge on any atom is 0.346 e. The molecule has 0 atom stereocenters. The largest absolute Gasteiger partial charge is 0.346 e. The van der Waals surface area contributed by atoms with Gasteiger partial charge >= 0.3 is 6.03 Å². The Bertz CT molecular complexity index is 915. The predicted molar refractivity (Wildman–Crippen MR) is 87.2 cm³/mol. The number of fused-ring (bicyclic) bond motifs is 3. The van der Waals surface area contributed by atoms with Crippen LogP contribution in [0.15, 0.2) is 54.4 Å². The van der Waals surface area contributed by atoms with E-state index in [1.165, 1.54) is 34.1 Å². The summed E-state index contributed by atoms with van der Waals surface area (Å²) in [6, 6.07) is 10.1. The number of para-hydroxylation sites is 1. The third-order valence-electron chi connectivity index (χ3n) is 3.73. The summed E-state index contributed by atoms with van der Waals surface area (Å²) in [4.78, 5) is 27.4. The first-order valence-electron chi connectivity index (χ1n) is 7.02. The quantitative estimate of drug-likeness (QED) is 0.835. The van der Waals surface area contributed by atoms with Crippen molar-refractivity contribution in [3.8, 4) is 0 Å². The van der Waals surface area contributed by atoms with E-state index >= 15 is 0 Å². The minimum absolute atomic E-state index is 0.221. The van der Waals surface area contributed by atoms with Crippen LogP contribution >= 0.6 is 11.6 Å². The van der Waals surface area contributed by atoms with Crippen molar-refractivity contribution in [3.63, 3.8) is 0 Å². The number of nitrogens with zero attached hydrogens (tertiary/aromatic N) is 2. The lowest BCUT2D eigenvalue weighted by molar-refractivity contribution is -0.113. The van der Waals surface area contributed by atoms with Crippen molar-refractivity contribution >= 4 is 40.6 Å². The molecule has 2 heterocycles. The summed E-state index contributed by atoms with van der Waals surface area (Å²) in [5.41, 5.74) is 6.02. The van der Waals surface area contributed by atoms with Gasteiger partial charge in [-0.1, -0.05) is 23.7 Å². The summed E-state index contributed by atoms with van der Waals surface area (Å²) in [7, 11) is 0. The van der Waals surface area contributed by atoms with Gasteiger partial charge in [-0.15, -0.1) is 0 Å². The second-order valence-corrected chi connectivity index (χ2v) is 5.59. The van der Waals surface area contributed by atoms with Crippen molar-refractivity contribution < 1.29 is 14.0 Å². The van der Waals surface area contributed by atoms with Crippen LogP contribution in [0.3, 0.4) is 0 Å². The number of carbonyl (C=O) groups excluding carboxylic acids is 2. The van der Waals surface area contributed by atoms with Crippen LogP contribution in [-0.4, -0.2) is 11.9 Å². The Hall–Kier alpha value is -3.06. The Morgan fingerprint density at radius 1 is 0.917 bits per heavy atom. The Labute approximate surface area is 141 Å². The van der Waals surface area contributed by atoms with Crippen molar-refractivity contribution in [2.45, 2.75) is 0 Å². The van der Waals surface area contributed by atoms with Crippen molar-refractivity contribution in [2.75, 3.05) is 9.80 Å². The molecule has 8 heteroatoms. The van der Waals surface area contributed by atoms with E-state index in [0.29, 0.717) is 16.4 Å². The second kappa shape index (κ2) is 5.24. The fourth-order valence-corrected chi connectivity index (χ4v) is 2.95. The molecule has 2 aromatic rings. The number of hydrazine groups is 1.